The largest absolute Gasteiger partial charge is 0.396 e. The fraction of sp³-hybridized carbons (Fsp3) is 1.00. The lowest BCUT2D eigenvalue weighted by molar-refractivity contribution is 0.200. The highest BCUT2D eigenvalue weighted by molar-refractivity contribution is 4.81. The van der Waals surface area contributed by atoms with Crippen LogP contribution < -0.4 is 5.32 Å². The van der Waals surface area contributed by atoms with Gasteiger partial charge >= 0.3 is 0 Å². The number of rotatable bonds is 6. The Balaban J connectivity index is 2.02. The highest BCUT2D eigenvalue weighted by Gasteiger charge is 2.29. The summed E-state index contributed by atoms with van der Waals surface area (Å²) in [6, 6.07) is 0.573. The molecule has 1 aliphatic carbocycles. The van der Waals surface area contributed by atoms with Gasteiger partial charge in [0.15, 0.2) is 0 Å². The molecular formula is C10H21NO. The molecule has 0 heterocycles. The Bertz CT molecular complexity index is 121. The molecule has 0 radical (unpaired) electrons. The summed E-state index contributed by atoms with van der Waals surface area (Å²) in [6.07, 6.45) is 3.82. The number of nitrogens with one attached hydrogen (secondary N) is 1. The summed E-state index contributed by atoms with van der Waals surface area (Å²) < 4.78 is 0. The van der Waals surface area contributed by atoms with E-state index in [1.54, 1.807) is 0 Å². The number of aliphatic hydroxyl groups is 1. The highest BCUT2D eigenvalue weighted by atomic mass is 16.3. The Kier molecular flexibility index (Phi) is 4.02. The van der Waals surface area contributed by atoms with Gasteiger partial charge in [0, 0.05) is 12.6 Å². The van der Waals surface area contributed by atoms with E-state index in [-0.39, 0.29) is 0 Å². The average molecular weight is 171 g/mol. The van der Waals surface area contributed by atoms with Crippen molar-refractivity contribution in [3.63, 3.8) is 0 Å². The zero-order valence-electron chi connectivity index (χ0n) is 8.21. The molecule has 0 spiro atoms. The van der Waals surface area contributed by atoms with E-state index in [9.17, 15) is 0 Å². The van der Waals surface area contributed by atoms with E-state index in [0.29, 0.717) is 18.6 Å². The first-order valence-corrected chi connectivity index (χ1v) is 5.08. The van der Waals surface area contributed by atoms with Crippen molar-refractivity contribution in [3.8, 4) is 0 Å². The van der Waals surface area contributed by atoms with Crippen LogP contribution in [0, 0.1) is 11.8 Å². The minimum absolute atomic E-state index is 0.379. The molecule has 0 aliphatic heterocycles. The lowest BCUT2D eigenvalue weighted by Gasteiger charge is -2.14. The average Bonchev–Trinajstić information content (AvgIpc) is 2.80. The first kappa shape index (κ1) is 10.0. The maximum absolute atomic E-state index is 9.07. The first-order valence-electron chi connectivity index (χ1n) is 5.08. The second kappa shape index (κ2) is 4.83. The molecule has 1 rings (SSSR count). The Labute approximate surface area is 75.4 Å². The summed E-state index contributed by atoms with van der Waals surface area (Å²) >= 11 is 0. The first-order chi connectivity index (χ1) is 5.74. The standard InChI is InChI=1S/C10H21NO/c1-8(2)11-6-5-10(7-12)9-3-4-9/h8-12H,3-7H2,1-2H3. The van der Waals surface area contributed by atoms with E-state index in [2.05, 4.69) is 19.2 Å². The molecule has 2 N–H and O–H groups in total. The van der Waals surface area contributed by atoms with Gasteiger partial charge in [0.1, 0.15) is 0 Å². The van der Waals surface area contributed by atoms with Crippen LogP contribution in [0.5, 0.6) is 0 Å². The van der Waals surface area contributed by atoms with Gasteiger partial charge in [0.25, 0.3) is 0 Å². The molecule has 1 aliphatic rings. The smallest absolute Gasteiger partial charge is 0.0462 e. The minimum Gasteiger partial charge on any atom is -0.396 e. The molecule has 1 atom stereocenters. The molecule has 0 aromatic carbocycles. The molecule has 0 aromatic rings. The zero-order valence-corrected chi connectivity index (χ0v) is 8.21. The molecule has 1 fully saturated rings. The predicted octanol–water partition coefficient (Wildman–Crippen LogP) is 1.39. The highest BCUT2D eigenvalue weighted by Crippen LogP contribution is 2.37. The van der Waals surface area contributed by atoms with Gasteiger partial charge in [0.2, 0.25) is 0 Å². The zero-order chi connectivity index (χ0) is 8.97. The lowest BCUT2D eigenvalue weighted by atomic mass is 10.0. The van der Waals surface area contributed by atoms with E-state index in [4.69, 9.17) is 5.11 Å². The van der Waals surface area contributed by atoms with Crippen molar-refractivity contribution in [2.45, 2.75) is 39.2 Å². The van der Waals surface area contributed by atoms with Crippen molar-refractivity contribution in [1.29, 1.82) is 0 Å². The van der Waals surface area contributed by atoms with Crippen LogP contribution in [0.2, 0.25) is 0 Å². The van der Waals surface area contributed by atoms with Gasteiger partial charge in [0.05, 0.1) is 0 Å². The van der Waals surface area contributed by atoms with Gasteiger partial charge in [-0.25, -0.2) is 0 Å². The van der Waals surface area contributed by atoms with Gasteiger partial charge in [-0.2, -0.15) is 0 Å². The molecule has 1 saturated carbocycles. The Morgan fingerprint density at radius 3 is 2.50 bits per heavy atom. The van der Waals surface area contributed by atoms with Crippen molar-refractivity contribution in [1.82, 2.24) is 5.32 Å². The molecule has 72 valence electrons. The summed E-state index contributed by atoms with van der Waals surface area (Å²) in [7, 11) is 0. The Hall–Kier alpha value is -0.0800. The third-order valence-electron chi connectivity index (χ3n) is 2.59. The Morgan fingerprint density at radius 2 is 2.08 bits per heavy atom. The summed E-state index contributed by atoms with van der Waals surface area (Å²) in [4.78, 5) is 0. The van der Waals surface area contributed by atoms with E-state index >= 15 is 0 Å². The summed E-state index contributed by atoms with van der Waals surface area (Å²) in [5.74, 6) is 1.40. The monoisotopic (exact) mass is 171 g/mol. The fourth-order valence-electron chi connectivity index (χ4n) is 1.60. The Morgan fingerprint density at radius 1 is 1.42 bits per heavy atom. The number of aliphatic hydroxyl groups excluding tert-OH is 1. The normalized spacial score (nSPS) is 20.0. The van der Waals surface area contributed by atoms with Crippen LogP contribution in [0.1, 0.15) is 33.1 Å². The summed E-state index contributed by atoms with van der Waals surface area (Å²) in [5.41, 5.74) is 0. The predicted molar refractivity (Wildman–Crippen MR) is 51.1 cm³/mol. The molecule has 1 unspecified atom stereocenters. The number of hydrogen-bond acceptors (Lipinski definition) is 2. The van der Waals surface area contributed by atoms with E-state index < -0.39 is 0 Å². The molecule has 2 heteroatoms. The van der Waals surface area contributed by atoms with Crippen LogP contribution in [0.15, 0.2) is 0 Å². The molecule has 0 bridgehead atoms. The van der Waals surface area contributed by atoms with Crippen LogP contribution in [0.4, 0.5) is 0 Å². The molecular weight excluding hydrogens is 150 g/mol. The van der Waals surface area contributed by atoms with Crippen molar-refractivity contribution in [2.24, 2.45) is 11.8 Å². The van der Waals surface area contributed by atoms with Gasteiger partial charge in [-0.15, -0.1) is 0 Å². The maximum atomic E-state index is 9.07. The third kappa shape index (κ3) is 3.55. The van der Waals surface area contributed by atoms with Crippen molar-refractivity contribution in [3.05, 3.63) is 0 Å². The molecule has 0 saturated heterocycles. The van der Waals surface area contributed by atoms with Crippen LogP contribution in [-0.4, -0.2) is 24.3 Å². The van der Waals surface area contributed by atoms with Crippen LogP contribution in [0.3, 0.4) is 0 Å². The second-order valence-electron chi connectivity index (χ2n) is 4.18. The van der Waals surface area contributed by atoms with Crippen LogP contribution in [-0.2, 0) is 0 Å². The second-order valence-corrected chi connectivity index (χ2v) is 4.18. The van der Waals surface area contributed by atoms with Crippen molar-refractivity contribution in [2.75, 3.05) is 13.2 Å². The summed E-state index contributed by atoms with van der Waals surface area (Å²) in [5, 5.41) is 12.5. The minimum atomic E-state index is 0.379. The fourth-order valence-corrected chi connectivity index (χ4v) is 1.60. The molecule has 2 nitrogen and oxygen atoms in total. The van der Waals surface area contributed by atoms with Gasteiger partial charge in [-0.1, -0.05) is 13.8 Å². The molecule has 12 heavy (non-hydrogen) atoms. The summed E-state index contributed by atoms with van der Waals surface area (Å²) in [6.45, 7) is 5.75. The van der Waals surface area contributed by atoms with E-state index in [1.165, 1.54) is 12.8 Å². The van der Waals surface area contributed by atoms with Crippen LogP contribution in [0.25, 0.3) is 0 Å². The third-order valence-corrected chi connectivity index (χ3v) is 2.59. The van der Waals surface area contributed by atoms with Gasteiger partial charge in [-0.05, 0) is 37.6 Å². The lowest BCUT2D eigenvalue weighted by Crippen LogP contribution is -2.26. The van der Waals surface area contributed by atoms with E-state index in [1.807, 2.05) is 0 Å². The SMILES string of the molecule is CC(C)NCCC(CO)C1CC1. The van der Waals surface area contributed by atoms with Crippen molar-refractivity contribution >= 4 is 0 Å². The maximum Gasteiger partial charge on any atom is 0.0462 e. The van der Waals surface area contributed by atoms with Crippen LogP contribution >= 0.6 is 0 Å². The van der Waals surface area contributed by atoms with Gasteiger partial charge < -0.3 is 10.4 Å². The molecule has 0 amide bonds. The quantitative estimate of drug-likeness (QED) is 0.633. The van der Waals surface area contributed by atoms with E-state index in [0.717, 1.165) is 18.9 Å². The topological polar surface area (TPSA) is 32.3 Å². The van der Waals surface area contributed by atoms with Crippen molar-refractivity contribution < 1.29 is 5.11 Å². The van der Waals surface area contributed by atoms with Gasteiger partial charge in [-0.3, -0.25) is 0 Å². The molecule has 0 aromatic heterocycles. The number of hydrogen-bond donors (Lipinski definition) is 2.